The highest BCUT2D eigenvalue weighted by molar-refractivity contribution is 7.89. The van der Waals surface area contributed by atoms with Gasteiger partial charge in [-0.25, -0.2) is 13.1 Å². The Kier molecular flexibility index (Phi) is 5.69. The highest BCUT2D eigenvalue weighted by atomic mass is 32.2. The topological polar surface area (TPSA) is 125 Å². The van der Waals surface area contributed by atoms with E-state index in [0.29, 0.717) is 12.2 Å². The molecule has 0 radical (unpaired) electrons. The van der Waals surface area contributed by atoms with Gasteiger partial charge in [0, 0.05) is 12.2 Å². The molecule has 0 spiro atoms. The molecule has 0 saturated heterocycles. The molecular weight excluding hydrogens is 292 g/mol. The maximum absolute atomic E-state index is 12.1. The standard InChI is InChI=1S/C13H18N4O3S/c1-9(2)7-16-13(18)8-17-21(19,20)12-4-3-11(15)5-10(12)6-14/h3-5,9,17H,7-8,15H2,1-2H3,(H,16,18). The number of carbonyl (C=O) groups excluding carboxylic acids is 1. The van der Waals surface area contributed by atoms with E-state index in [4.69, 9.17) is 11.0 Å². The van der Waals surface area contributed by atoms with Crippen LogP contribution in [0, 0.1) is 17.2 Å². The Morgan fingerprint density at radius 1 is 1.43 bits per heavy atom. The number of carbonyl (C=O) groups is 1. The predicted molar refractivity (Wildman–Crippen MR) is 78.6 cm³/mol. The second kappa shape index (κ2) is 7.06. The van der Waals surface area contributed by atoms with Crippen molar-refractivity contribution in [3.63, 3.8) is 0 Å². The summed E-state index contributed by atoms with van der Waals surface area (Å²) in [5, 5.41) is 11.5. The number of nitrogens with one attached hydrogen (secondary N) is 2. The molecule has 1 amide bonds. The summed E-state index contributed by atoms with van der Waals surface area (Å²) in [7, 11) is -3.94. The molecule has 0 atom stereocenters. The first-order valence-corrected chi connectivity index (χ1v) is 7.80. The molecule has 114 valence electrons. The minimum atomic E-state index is -3.94. The van der Waals surface area contributed by atoms with Gasteiger partial charge in [0.15, 0.2) is 0 Å². The third-order valence-corrected chi connectivity index (χ3v) is 4.00. The van der Waals surface area contributed by atoms with Gasteiger partial charge in [-0.1, -0.05) is 13.8 Å². The number of sulfonamides is 1. The number of benzene rings is 1. The van der Waals surface area contributed by atoms with Crippen LogP contribution < -0.4 is 15.8 Å². The lowest BCUT2D eigenvalue weighted by molar-refractivity contribution is -0.120. The molecule has 8 heteroatoms. The second-order valence-corrected chi connectivity index (χ2v) is 6.63. The molecule has 0 aromatic heterocycles. The Balaban J connectivity index is 2.79. The number of nitriles is 1. The largest absolute Gasteiger partial charge is 0.399 e. The van der Waals surface area contributed by atoms with Crippen molar-refractivity contribution in [2.45, 2.75) is 18.7 Å². The molecule has 0 fully saturated rings. The molecule has 1 aromatic carbocycles. The second-order valence-electron chi connectivity index (χ2n) is 4.89. The van der Waals surface area contributed by atoms with E-state index in [1.807, 2.05) is 13.8 Å². The summed E-state index contributed by atoms with van der Waals surface area (Å²) in [4.78, 5) is 11.3. The van der Waals surface area contributed by atoms with Crippen molar-refractivity contribution >= 4 is 21.6 Å². The minimum Gasteiger partial charge on any atom is -0.399 e. The van der Waals surface area contributed by atoms with Crippen LogP contribution in [0.2, 0.25) is 0 Å². The van der Waals surface area contributed by atoms with Crippen LogP contribution in [-0.4, -0.2) is 27.4 Å². The molecule has 0 bridgehead atoms. The Morgan fingerprint density at radius 3 is 2.67 bits per heavy atom. The number of nitrogen functional groups attached to an aromatic ring is 1. The van der Waals surface area contributed by atoms with Crippen LogP contribution >= 0.6 is 0 Å². The quantitative estimate of drug-likeness (QED) is 0.647. The van der Waals surface area contributed by atoms with Crippen LogP contribution in [0.15, 0.2) is 23.1 Å². The Hall–Kier alpha value is -2.11. The van der Waals surface area contributed by atoms with Crippen molar-refractivity contribution in [2.75, 3.05) is 18.8 Å². The molecule has 4 N–H and O–H groups in total. The van der Waals surface area contributed by atoms with Crippen molar-refractivity contribution in [2.24, 2.45) is 5.92 Å². The first-order valence-electron chi connectivity index (χ1n) is 6.32. The lowest BCUT2D eigenvalue weighted by atomic mass is 10.2. The average Bonchev–Trinajstić information content (AvgIpc) is 2.42. The maximum atomic E-state index is 12.1. The fourth-order valence-corrected chi connectivity index (χ4v) is 2.61. The van der Waals surface area contributed by atoms with Gasteiger partial charge in [0.05, 0.1) is 17.0 Å². The summed E-state index contributed by atoms with van der Waals surface area (Å²) < 4.78 is 26.3. The molecule has 0 saturated carbocycles. The Morgan fingerprint density at radius 2 is 2.10 bits per heavy atom. The number of anilines is 1. The van der Waals surface area contributed by atoms with Crippen LogP contribution in [0.3, 0.4) is 0 Å². The number of hydrogen-bond donors (Lipinski definition) is 3. The Bertz CT molecular complexity index is 662. The first kappa shape index (κ1) is 16.9. The van der Waals surface area contributed by atoms with E-state index in [9.17, 15) is 13.2 Å². The van der Waals surface area contributed by atoms with E-state index >= 15 is 0 Å². The summed E-state index contributed by atoms with van der Waals surface area (Å²) in [5.74, 6) is -0.158. The molecule has 1 rings (SSSR count). The molecule has 0 unspecified atom stereocenters. The van der Waals surface area contributed by atoms with Gasteiger partial charge >= 0.3 is 0 Å². The monoisotopic (exact) mass is 310 g/mol. The van der Waals surface area contributed by atoms with E-state index in [2.05, 4.69) is 10.0 Å². The van der Waals surface area contributed by atoms with Crippen molar-refractivity contribution in [1.82, 2.24) is 10.0 Å². The molecule has 0 heterocycles. The highest BCUT2D eigenvalue weighted by Gasteiger charge is 2.19. The third-order valence-electron chi connectivity index (χ3n) is 2.54. The first-order chi connectivity index (χ1) is 9.76. The summed E-state index contributed by atoms with van der Waals surface area (Å²) in [6.45, 7) is 3.94. The molecule has 7 nitrogen and oxygen atoms in total. The zero-order valence-corrected chi connectivity index (χ0v) is 12.7. The normalized spacial score (nSPS) is 11.1. The van der Waals surface area contributed by atoms with E-state index in [1.54, 1.807) is 6.07 Å². The van der Waals surface area contributed by atoms with Gasteiger partial charge in [0.1, 0.15) is 6.07 Å². The molecule has 21 heavy (non-hydrogen) atoms. The van der Waals surface area contributed by atoms with Gasteiger partial charge < -0.3 is 11.1 Å². The summed E-state index contributed by atoms with van der Waals surface area (Å²) in [6.07, 6.45) is 0. The number of amides is 1. The summed E-state index contributed by atoms with van der Waals surface area (Å²) in [5.41, 5.74) is 5.73. The van der Waals surface area contributed by atoms with Crippen LogP contribution in [-0.2, 0) is 14.8 Å². The van der Waals surface area contributed by atoms with Crippen molar-refractivity contribution in [3.05, 3.63) is 23.8 Å². The number of rotatable bonds is 6. The average molecular weight is 310 g/mol. The van der Waals surface area contributed by atoms with Gasteiger partial charge in [0.2, 0.25) is 15.9 Å². The smallest absolute Gasteiger partial charge is 0.242 e. The molecule has 1 aromatic rings. The lowest BCUT2D eigenvalue weighted by Gasteiger charge is -2.10. The van der Waals surface area contributed by atoms with Gasteiger partial charge in [-0.15, -0.1) is 0 Å². The van der Waals surface area contributed by atoms with E-state index in [0.717, 1.165) is 0 Å². The number of nitrogens with zero attached hydrogens (tertiary/aromatic N) is 1. The van der Waals surface area contributed by atoms with Gasteiger partial charge in [-0.2, -0.15) is 5.26 Å². The van der Waals surface area contributed by atoms with Crippen molar-refractivity contribution < 1.29 is 13.2 Å². The molecule has 0 aliphatic carbocycles. The molecular formula is C13H18N4O3S. The fourth-order valence-electron chi connectivity index (χ4n) is 1.49. The number of nitrogens with two attached hydrogens (primary N) is 1. The highest BCUT2D eigenvalue weighted by Crippen LogP contribution is 2.17. The van der Waals surface area contributed by atoms with E-state index in [1.165, 1.54) is 18.2 Å². The zero-order chi connectivity index (χ0) is 16.0. The van der Waals surface area contributed by atoms with E-state index < -0.39 is 15.9 Å². The van der Waals surface area contributed by atoms with Crippen LogP contribution in [0.5, 0.6) is 0 Å². The van der Waals surface area contributed by atoms with Gasteiger partial charge in [-0.05, 0) is 24.1 Å². The van der Waals surface area contributed by atoms with Gasteiger partial charge in [0.25, 0.3) is 0 Å². The summed E-state index contributed by atoms with van der Waals surface area (Å²) >= 11 is 0. The van der Waals surface area contributed by atoms with Gasteiger partial charge in [-0.3, -0.25) is 4.79 Å². The number of hydrogen-bond acceptors (Lipinski definition) is 5. The van der Waals surface area contributed by atoms with Crippen LogP contribution in [0.25, 0.3) is 0 Å². The molecule has 0 aliphatic heterocycles. The van der Waals surface area contributed by atoms with Crippen molar-refractivity contribution in [3.8, 4) is 6.07 Å². The van der Waals surface area contributed by atoms with E-state index in [-0.39, 0.29) is 22.9 Å². The Labute approximate surface area is 124 Å². The summed E-state index contributed by atoms with van der Waals surface area (Å²) in [6, 6.07) is 5.66. The minimum absolute atomic E-state index is 0.0647. The van der Waals surface area contributed by atoms with Crippen LogP contribution in [0.4, 0.5) is 5.69 Å². The lowest BCUT2D eigenvalue weighted by Crippen LogP contribution is -2.38. The zero-order valence-electron chi connectivity index (χ0n) is 11.9. The van der Waals surface area contributed by atoms with Crippen LogP contribution in [0.1, 0.15) is 19.4 Å². The predicted octanol–water partition coefficient (Wildman–Crippen LogP) is 0.191. The fraction of sp³-hybridized carbons (Fsp3) is 0.385. The maximum Gasteiger partial charge on any atom is 0.242 e. The SMILES string of the molecule is CC(C)CNC(=O)CNS(=O)(=O)c1ccc(N)cc1C#N. The molecule has 0 aliphatic rings. The van der Waals surface area contributed by atoms with Crippen molar-refractivity contribution in [1.29, 1.82) is 5.26 Å². The third kappa shape index (κ3) is 5.06.